The lowest BCUT2D eigenvalue weighted by Gasteiger charge is -2.19. The zero-order chi connectivity index (χ0) is 19.4. The summed E-state index contributed by atoms with van der Waals surface area (Å²) in [6.45, 7) is 2.06. The van der Waals surface area contributed by atoms with Crippen LogP contribution in [0.1, 0.15) is 22.2 Å². The van der Waals surface area contributed by atoms with E-state index in [0.29, 0.717) is 11.4 Å². The van der Waals surface area contributed by atoms with Crippen LogP contribution in [0.2, 0.25) is 0 Å². The van der Waals surface area contributed by atoms with Gasteiger partial charge in [0.2, 0.25) is 0 Å². The van der Waals surface area contributed by atoms with Gasteiger partial charge < -0.3 is 5.32 Å². The standard InChI is InChI=1S/C20H20N2O3S2/c1-3-15-9-11-16(12-10-15)21-20(23)19-18(13-14-26-19)27(24,25)22(2)17-7-5-4-6-8-17/h4-14H,3H2,1-2H3,(H,21,23). The summed E-state index contributed by atoms with van der Waals surface area (Å²) in [5.74, 6) is -0.436. The highest BCUT2D eigenvalue weighted by atomic mass is 32.2. The Bertz CT molecular complexity index is 1030. The van der Waals surface area contributed by atoms with Gasteiger partial charge in [0.25, 0.3) is 15.9 Å². The Kier molecular flexibility index (Phi) is 5.62. The van der Waals surface area contributed by atoms with Crippen molar-refractivity contribution in [2.75, 3.05) is 16.7 Å². The molecular formula is C20H20N2O3S2. The molecule has 1 aromatic heterocycles. The Morgan fingerprint density at radius 2 is 1.70 bits per heavy atom. The summed E-state index contributed by atoms with van der Waals surface area (Å²) < 4.78 is 27.2. The predicted molar refractivity (Wildman–Crippen MR) is 110 cm³/mol. The number of hydrogen-bond donors (Lipinski definition) is 1. The summed E-state index contributed by atoms with van der Waals surface area (Å²) in [6, 6.07) is 17.7. The van der Waals surface area contributed by atoms with Gasteiger partial charge in [-0.1, -0.05) is 37.3 Å². The highest BCUT2D eigenvalue weighted by molar-refractivity contribution is 7.93. The Labute approximate surface area is 163 Å². The van der Waals surface area contributed by atoms with E-state index < -0.39 is 15.9 Å². The first-order valence-electron chi connectivity index (χ1n) is 8.45. The smallest absolute Gasteiger partial charge is 0.267 e. The molecule has 0 aliphatic carbocycles. The first kappa shape index (κ1) is 19.1. The molecule has 0 radical (unpaired) electrons. The van der Waals surface area contributed by atoms with Crippen LogP contribution in [0, 0.1) is 0 Å². The van der Waals surface area contributed by atoms with Gasteiger partial charge in [-0.2, -0.15) is 0 Å². The SMILES string of the molecule is CCc1ccc(NC(=O)c2sccc2S(=O)(=O)N(C)c2ccccc2)cc1. The lowest BCUT2D eigenvalue weighted by Crippen LogP contribution is -2.28. The van der Waals surface area contributed by atoms with Gasteiger partial charge in [-0.05, 0) is 47.7 Å². The van der Waals surface area contributed by atoms with Gasteiger partial charge >= 0.3 is 0 Å². The van der Waals surface area contributed by atoms with Crippen molar-refractivity contribution in [1.29, 1.82) is 0 Å². The number of thiophene rings is 1. The Morgan fingerprint density at radius 3 is 2.33 bits per heavy atom. The number of aryl methyl sites for hydroxylation is 1. The number of carbonyl (C=O) groups is 1. The van der Waals surface area contributed by atoms with Crippen LogP contribution in [0.25, 0.3) is 0 Å². The Balaban J connectivity index is 1.87. The van der Waals surface area contributed by atoms with Crippen molar-refractivity contribution in [3.63, 3.8) is 0 Å². The number of amides is 1. The van der Waals surface area contributed by atoms with Gasteiger partial charge in [0.05, 0.1) is 5.69 Å². The maximum Gasteiger partial charge on any atom is 0.267 e. The molecule has 1 amide bonds. The minimum absolute atomic E-state index is 0.00142. The molecule has 5 nitrogen and oxygen atoms in total. The molecule has 0 aliphatic rings. The molecule has 3 aromatic rings. The molecule has 1 N–H and O–H groups in total. The van der Waals surface area contributed by atoms with Crippen molar-refractivity contribution in [3.8, 4) is 0 Å². The average Bonchev–Trinajstić information content (AvgIpc) is 3.19. The van der Waals surface area contributed by atoms with Crippen LogP contribution in [-0.4, -0.2) is 21.4 Å². The first-order valence-corrected chi connectivity index (χ1v) is 10.8. The number of hydrogen-bond acceptors (Lipinski definition) is 4. The number of nitrogens with one attached hydrogen (secondary N) is 1. The fourth-order valence-corrected chi connectivity index (χ4v) is 5.09. The topological polar surface area (TPSA) is 66.5 Å². The Morgan fingerprint density at radius 1 is 1.04 bits per heavy atom. The second-order valence-electron chi connectivity index (χ2n) is 5.93. The molecule has 1 heterocycles. The van der Waals surface area contributed by atoms with Crippen LogP contribution in [0.3, 0.4) is 0 Å². The monoisotopic (exact) mass is 400 g/mol. The summed E-state index contributed by atoms with van der Waals surface area (Å²) in [7, 11) is -2.36. The number of rotatable bonds is 6. The molecular weight excluding hydrogens is 380 g/mol. The third-order valence-corrected chi connectivity index (χ3v) is 7.08. The molecule has 0 saturated carbocycles. The quantitative estimate of drug-likeness (QED) is 0.667. The lowest BCUT2D eigenvalue weighted by atomic mass is 10.1. The van der Waals surface area contributed by atoms with Crippen molar-refractivity contribution < 1.29 is 13.2 Å². The number of anilines is 2. The highest BCUT2D eigenvalue weighted by Crippen LogP contribution is 2.28. The Hall–Kier alpha value is -2.64. The molecule has 0 fully saturated rings. The van der Waals surface area contributed by atoms with Crippen LogP contribution in [0.15, 0.2) is 70.9 Å². The summed E-state index contributed by atoms with van der Waals surface area (Å²) in [4.78, 5) is 12.8. The zero-order valence-electron chi connectivity index (χ0n) is 15.0. The van der Waals surface area contributed by atoms with Crippen LogP contribution < -0.4 is 9.62 Å². The van der Waals surface area contributed by atoms with Crippen molar-refractivity contribution >= 4 is 38.6 Å². The van der Waals surface area contributed by atoms with E-state index in [-0.39, 0.29) is 9.77 Å². The lowest BCUT2D eigenvalue weighted by molar-refractivity contribution is 0.102. The van der Waals surface area contributed by atoms with Crippen molar-refractivity contribution in [2.24, 2.45) is 0 Å². The molecule has 0 spiro atoms. The summed E-state index contributed by atoms with van der Waals surface area (Å²) in [5, 5.41) is 4.39. The van der Waals surface area contributed by atoms with E-state index in [1.165, 1.54) is 17.4 Å². The maximum atomic E-state index is 13.0. The number of nitrogens with zero attached hydrogens (tertiary/aromatic N) is 1. The molecule has 0 unspecified atom stereocenters. The van der Waals surface area contributed by atoms with Gasteiger partial charge in [0.15, 0.2) is 0 Å². The van der Waals surface area contributed by atoms with E-state index >= 15 is 0 Å². The van der Waals surface area contributed by atoms with E-state index in [1.54, 1.807) is 29.6 Å². The molecule has 27 heavy (non-hydrogen) atoms. The molecule has 3 rings (SSSR count). The number of benzene rings is 2. The number of para-hydroxylation sites is 1. The van der Waals surface area contributed by atoms with E-state index in [4.69, 9.17) is 0 Å². The fraction of sp³-hybridized carbons (Fsp3) is 0.150. The maximum absolute atomic E-state index is 13.0. The predicted octanol–water partition coefficient (Wildman–Crippen LogP) is 4.39. The second kappa shape index (κ2) is 7.94. The minimum atomic E-state index is -3.84. The van der Waals surface area contributed by atoms with Gasteiger partial charge in [-0.15, -0.1) is 11.3 Å². The van der Waals surface area contributed by atoms with E-state index in [1.807, 2.05) is 30.3 Å². The summed E-state index contributed by atoms with van der Waals surface area (Å²) in [5.41, 5.74) is 2.33. The van der Waals surface area contributed by atoms with Crippen LogP contribution in [-0.2, 0) is 16.4 Å². The molecule has 140 valence electrons. The van der Waals surface area contributed by atoms with Gasteiger partial charge in [-0.3, -0.25) is 9.10 Å². The van der Waals surface area contributed by atoms with E-state index in [0.717, 1.165) is 23.3 Å². The summed E-state index contributed by atoms with van der Waals surface area (Å²) in [6.07, 6.45) is 0.910. The fourth-order valence-electron chi connectivity index (χ4n) is 2.60. The molecule has 2 aromatic carbocycles. The van der Waals surface area contributed by atoms with Crippen LogP contribution in [0.5, 0.6) is 0 Å². The van der Waals surface area contributed by atoms with Gasteiger partial charge in [0, 0.05) is 12.7 Å². The third kappa shape index (κ3) is 4.04. The molecule has 0 bridgehead atoms. The minimum Gasteiger partial charge on any atom is -0.321 e. The highest BCUT2D eigenvalue weighted by Gasteiger charge is 2.28. The second-order valence-corrected chi connectivity index (χ2v) is 8.78. The number of carbonyl (C=O) groups excluding carboxylic acids is 1. The van der Waals surface area contributed by atoms with Gasteiger partial charge in [-0.25, -0.2) is 8.42 Å². The zero-order valence-corrected chi connectivity index (χ0v) is 16.7. The van der Waals surface area contributed by atoms with E-state index in [9.17, 15) is 13.2 Å². The number of sulfonamides is 1. The van der Waals surface area contributed by atoms with E-state index in [2.05, 4.69) is 12.2 Å². The normalized spacial score (nSPS) is 11.2. The van der Waals surface area contributed by atoms with Crippen molar-refractivity contribution in [2.45, 2.75) is 18.2 Å². The largest absolute Gasteiger partial charge is 0.321 e. The summed E-state index contributed by atoms with van der Waals surface area (Å²) >= 11 is 1.11. The first-order chi connectivity index (χ1) is 12.9. The third-order valence-electron chi connectivity index (χ3n) is 4.21. The molecule has 0 saturated heterocycles. The van der Waals surface area contributed by atoms with Crippen LogP contribution in [0.4, 0.5) is 11.4 Å². The average molecular weight is 401 g/mol. The molecule has 7 heteroatoms. The van der Waals surface area contributed by atoms with Gasteiger partial charge in [0.1, 0.15) is 9.77 Å². The molecule has 0 aliphatic heterocycles. The van der Waals surface area contributed by atoms with Crippen molar-refractivity contribution in [3.05, 3.63) is 76.5 Å². The molecule has 0 atom stereocenters. The van der Waals surface area contributed by atoms with Crippen molar-refractivity contribution in [1.82, 2.24) is 0 Å². The van der Waals surface area contributed by atoms with Crippen LogP contribution >= 0.6 is 11.3 Å².